The normalized spacial score (nSPS) is 17.2. The predicted molar refractivity (Wildman–Crippen MR) is 119 cm³/mol. The number of likely N-dealkylation sites (tertiary alicyclic amines) is 1. The third-order valence-corrected chi connectivity index (χ3v) is 5.16. The molecule has 6 nitrogen and oxygen atoms in total. The molecule has 0 radical (unpaired) electrons. The molecular formula is C23H31N5O. The highest BCUT2D eigenvalue weighted by Gasteiger charge is 2.24. The van der Waals surface area contributed by atoms with Crippen molar-refractivity contribution >= 4 is 17.6 Å². The van der Waals surface area contributed by atoms with Gasteiger partial charge in [0, 0.05) is 45.3 Å². The van der Waals surface area contributed by atoms with Crippen LogP contribution in [0.4, 0.5) is 5.69 Å². The van der Waals surface area contributed by atoms with Crippen molar-refractivity contribution in [2.24, 2.45) is 4.99 Å². The van der Waals surface area contributed by atoms with Gasteiger partial charge < -0.3 is 16.0 Å². The van der Waals surface area contributed by atoms with Crippen LogP contribution >= 0.6 is 0 Å². The van der Waals surface area contributed by atoms with Crippen LogP contribution < -0.4 is 16.0 Å². The number of amides is 1. The van der Waals surface area contributed by atoms with Crippen molar-refractivity contribution in [2.75, 3.05) is 25.5 Å². The molecule has 0 aliphatic carbocycles. The number of nitrogens with one attached hydrogen (secondary N) is 3. The van der Waals surface area contributed by atoms with E-state index in [-0.39, 0.29) is 5.91 Å². The molecule has 3 rings (SSSR count). The average molecular weight is 394 g/mol. The summed E-state index contributed by atoms with van der Waals surface area (Å²) >= 11 is 0. The van der Waals surface area contributed by atoms with Crippen LogP contribution in [0.2, 0.25) is 0 Å². The van der Waals surface area contributed by atoms with Crippen LogP contribution in [0.1, 0.15) is 30.9 Å². The lowest BCUT2D eigenvalue weighted by Gasteiger charge is -2.25. The molecule has 1 aliphatic heterocycles. The Morgan fingerprint density at radius 2 is 1.90 bits per heavy atom. The van der Waals surface area contributed by atoms with Crippen LogP contribution in [0.5, 0.6) is 0 Å². The van der Waals surface area contributed by atoms with Gasteiger partial charge in [-0.05, 0) is 42.6 Å². The van der Waals surface area contributed by atoms with Crippen LogP contribution in [0.15, 0.2) is 59.6 Å². The van der Waals surface area contributed by atoms with E-state index in [9.17, 15) is 4.79 Å². The minimum Gasteiger partial charge on any atom is -0.355 e. The van der Waals surface area contributed by atoms with Gasteiger partial charge in [0.2, 0.25) is 5.91 Å². The molecule has 154 valence electrons. The maximum Gasteiger partial charge on any atom is 0.221 e. The van der Waals surface area contributed by atoms with Gasteiger partial charge >= 0.3 is 0 Å². The van der Waals surface area contributed by atoms with Crippen LogP contribution in [-0.4, -0.2) is 42.9 Å². The van der Waals surface area contributed by atoms with E-state index in [1.54, 1.807) is 7.05 Å². The first-order valence-corrected chi connectivity index (χ1v) is 10.2. The third kappa shape index (κ3) is 6.61. The largest absolute Gasteiger partial charge is 0.355 e. The molecule has 29 heavy (non-hydrogen) atoms. The second-order valence-corrected chi connectivity index (χ2v) is 7.44. The zero-order valence-electron chi connectivity index (χ0n) is 17.3. The lowest BCUT2D eigenvalue weighted by atomic mass is 10.2. The molecule has 1 amide bonds. The van der Waals surface area contributed by atoms with Crippen molar-refractivity contribution in [1.82, 2.24) is 15.5 Å². The van der Waals surface area contributed by atoms with E-state index in [4.69, 9.17) is 0 Å². The Morgan fingerprint density at radius 1 is 1.10 bits per heavy atom. The van der Waals surface area contributed by atoms with E-state index >= 15 is 0 Å². The number of rotatable bonds is 7. The topological polar surface area (TPSA) is 68.8 Å². The first-order valence-electron chi connectivity index (χ1n) is 10.2. The van der Waals surface area contributed by atoms with Crippen LogP contribution in [-0.2, 0) is 17.9 Å². The molecule has 6 heteroatoms. The second kappa shape index (κ2) is 10.6. The molecule has 1 heterocycles. The molecule has 1 saturated heterocycles. The number of hydrogen-bond donors (Lipinski definition) is 3. The number of carbonyl (C=O) groups excluding carboxylic acids is 1. The summed E-state index contributed by atoms with van der Waals surface area (Å²) in [5, 5.41) is 9.65. The third-order valence-electron chi connectivity index (χ3n) is 5.16. The smallest absolute Gasteiger partial charge is 0.221 e. The molecular weight excluding hydrogens is 362 g/mol. The molecule has 1 aliphatic rings. The molecule has 3 N–H and O–H groups in total. The lowest BCUT2D eigenvalue weighted by molar-refractivity contribution is -0.114. The molecule has 1 fully saturated rings. The maximum absolute atomic E-state index is 11.2. The number of guanidine groups is 1. The minimum absolute atomic E-state index is 0.0655. The van der Waals surface area contributed by atoms with Gasteiger partial charge in [0.1, 0.15) is 0 Å². The zero-order chi connectivity index (χ0) is 20.5. The van der Waals surface area contributed by atoms with Crippen molar-refractivity contribution in [1.29, 1.82) is 0 Å². The van der Waals surface area contributed by atoms with Crippen LogP contribution in [0.25, 0.3) is 0 Å². The molecule has 0 saturated carbocycles. The van der Waals surface area contributed by atoms with Crippen molar-refractivity contribution in [3.63, 3.8) is 0 Å². The number of anilines is 1. The predicted octanol–water partition coefficient (Wildman–Crippen LogP) is 2.97. The highest BCUT2D eigenvalue weighted by atomic mass is 16.1. The Labute approximate surface area is 173 Å². The maximum atomic E-state index is 11.2. The van der Waals surface area contributed by atoms with Crippen LogP contribution in [0, 0.1) is 0 Å². The summed E-state index contributed by atoms with van der Waals surface area (Å²) < 4.78 is 0. The van der Waals surface area contributed by atoms with Gasteiger partial charge in [0.15, 0.2) is 5.96 Å². The number of aliphatic imine (C=N–C) groups is 1. The highest BCUT2D eigenvalue weighted by Crippen LogP contribution is 2.19. The van der Waals surface area contributed by atoms with Gasteiger partial charge in [-0.15, -0.1) is 0 Å². The zero-order valence-corrected chi connectivity index (χ0v) is 17.3. The summed E-state index contributed by atoms with van der Waals surface area (Å²) in [5.41, 5.74) is 3.26. The fourth-order valence-electron chi connectivity index (χ4n) is 3.74. The molecule has 0 bridgehead atoms. The van der Waals surface area contributed by atoms with Gasteiger partial charge in [0.05, 0.1) is 0 Å². The van der Waals surface area contributed by atoms with Crippen LogP contribution in [0.3, 0.4) is 0 Å². The number of benzene rings is 2. The quantitative estimate of drug-likeness (QED) is 0.500. The van der Waals surface area contributed by atoms with E-state index in [0.29, 0.717) is 12.6 Å². The summed E-state index contributed by atoms with van der Waals surface area (Å²) in [4.78, 5) is 18.1. The van der Waals surface area contributed by atoms with Crippen molar-refractivity contribution in [3.05, 3.63) is 65.7 Å². The molecule has 0 aromatic heterocycles. The molecule has 0 spiro atoms. The van der Waals surface area contributed by atoms with E-state index in [1.165, 1.54) is 25.3 Å². The van der Waals surface area contributed by atoms with Crippen molar-refractivity contribution < 1.29 is 4.79 Å². The minimum atomic E-state index is -0.0655. The molecule has 2 aromatic carbocycles. The monoisotopic (exact) mass is 393 g/mol. The van der Waals surface area contributed by atoms with Gasteiger partial charge in [-0.25, -0.2) is 0 Å². The molecule has 1 unspecified atom stereocenters. The number of hydrogen-bond acceptors (Lipinski definition) is 3. The Balaban J connectivity index is 1.48. The van der Waals surface area contributed by atoms with E-state index in [1.807, 2.05) is 24.3 Å². The fraction of sp³-hybridized carbons (Fsp3) is 0.391. The average Bonchev–Trinajstić information content (AvgIpc) is 3.15. The fourth-order valence-corrected chi connectivity index (χ4v) is 3.74. The highest BCUT2D eigenvalue weighted by molar-refractivity contribution is 5.88. The van der Waals surface area contributed by atoms with Crippen molar-refractivity contribution in [2.45, 2.75) is 38.9 Å². The van der Waals surface area contributed by atoms with E-state index < -0.39 is 0 Å². The standard InChI is InChI=1S/C23H31N5O/c1-18(29)27-21-11-6-10-20(14-21)15-25-23(24-2)26-16-22-12-7-13-28(22)17-19-8-4-3-5-9-19/h3-6,8-11,14,22H,7,12-13,15-17H2,1-2H3,(H,27,29)(H2,24,25,26). The lowest BCUT2D eigenvalue weighted by Crippen LogP contribution is -2.44. The Bertz CT molecular complexity index is 821. The first-order chi connectivity index (χ1) is 14.1. The van der Waals surface area contributed by atoms with Gasteiger partial charge in [-0.1, -0.05) is 42.5 Å². The van der Waals surface area contributed by atoms with Crippen molar-refractivity contribution in [3.8, 4) is 0 Å². The first kappa shape index (κ1) is 20.9. The summed E-state index contributed by atoms with van der Waals surface area (Å²) in [7, 11) is 1.79. The van der Waals surface area contributed by atoms with E-state index in [2.05, 4.69) is 56.2 Å². The van der Waals surface area contributed by atoms with Gasteiger partial charge in [-0.2, -0.15) is 0 Å². The SMILES string of the molecule is CN=C(NCc1cccc(NC(C)=O)c1)NCC1CCCN1Cc1ccccc1. The van der Waals surface area contributed by atoms with Gasteiger partial charge in [-0.3, -0.25) is 14.7 Å². The summed E-state index contributed by atoms with van der Waals surface area (Å²) in [6, 6.07) is 19.0. The summed E-state index contributed by atoms with van der Waals surface area (Å²) in [6.07, 6.45) is 2.44. The molecule has 1 atom stereocenters. The Morgan fingerprint density at radius 3 is 2.66 bits per heavy atom. The second-order valence-electron chi connectivity index (χ2n) is 7.44. The van der Waals surface area contributed by atoms with E-state index in [0.717, 1.165) is 36.8 Å². The van der Waals surface area contributed by atoms with Gasteiger partial charge in [0.25, 0.3) is 0 Å². The number of carbonyl (C=O) groups is 1. The molecule has 2 aromatic rings. The Hall–Kier alpha value is -2.86. The summed E-state index contributed by atoms with van der Waals surface area (Å²) in [6.45, 7) is 5.17. The Kier molecular flexibility index (Phi) is 7.64. The summed E-state index contributed by atoms with van der Waals surface area (Å²) in [5.74, 6) is 0.727. The number of nitrogens with zero attached hydrogens (tertiary/aromatic N) is 2.